The first-order valence-electron chi connectivity index (χ1n) is 7.85. The molecular formula is C17H24N2O. The zero-order chi connectivity index (χ0) is 13.9. The predicted octanol–water partition coefficient (Wildman–Crippen LogP) is 2.66. The Morgan fingerprint density at radius 1 is 1.20 bits per heavy atom. The summed E-state index contributed by atoms with van der Waals surface area (Å²) < 4.78 is 0. The summed E-state index contributed by atoms with van der Waals surface area (Å²) in [5, 5.41) is 3.42. The van der Waals surface area contributed by atoms with Gasteiger partial charge in [0.05, 0.1) is 12.1 Å². The van der Waals surface area contributed by atoms with Crippen LogP contribution in [0, 0.1) is 0 Å². The van der Waals surface area contributed by atoms with Gasteiger partial charge >= 0.3 is 0 Å². The van der Waals surface area contributed by atoms with Gasteiger partial charge in [-0.2, -0.15) is 0 Å². The van der Waals surface area contributed by atoms with Gasteiger partial charge in [0, 0.05) is 7.05 Å². The van der Waals surface area contributed by atoms with Crippen molar-refractivity contribution < 1.29 is 4.79 Å². The summed E-state index contributed by atoms with van der Waals surface area (Å²) in [5.41, 5.74) is 2.75. The second-order valence-corrected chi connectivity index (χ2v) is 6.06. The number of nitrogens with zero attached hydrogens (tertiary/aromatic N) is 1. The van der Waals surface area contributed by atoms with Gasteiger partial charge in [-0.1, -0.05) is 37.1 Å². The molecule has 0 saturated carbocycles. The van der Waals surface area contributed by atoms with Gasteiger partial charge in [-0.3, -0.25) is 4.79 Å². The lowest BCUT2D eigenvalue weighted by molar-refractivity contribution is -0.134. The van der Waals surface area contributed by atoms with Gasteiger partial charge in [-0.05, 0) is 43.4 Å². The molecule has 1 aliphatic carbocycles. The number of carbonyl (C=O) groups excluding carboxylic acids is 1. The van der Waals surface area contributed by atoms with Crippen molar-refractivity contribution in [1.82, 2.24) is 10.2 Å². The second-order valence-electron chi connectivity index (χ2n) is 6.06. The summed E-state index contributed by atoms with van der Waals surface area (Å²) >= 11 is 0. The highest BCUT2D eigenvalue weighted by molar-refractivity contribution is 5.82. The molecule has 20 heavy (non-hydrogen) atoms. The van der Waals surface area contributed by atoms with Gasteiger partial charge in [0.2, 0.25) is 5.91 Å². The van der Waals surface area contributed by atoms with E-state index in [1.165, 1.54) is 30.4 Å². The van der Waals surface area contributed by atoms with Crippen molar-refractivity contribution in [2.45, 2.75) is 50.6 Å². The molecule has 3 nitrogen and oxygen atoms in total. The van der Waals surface area contributed by atoms with E-state index in [2.05, 4.69) is 29.6 Å². The largest absolute Gasteiger partial charge is 0.337 e. The number of fused-ring (bicyclic) bond motifs is 1. The minimum atomic E-state index is 0.0234. The Balaban J connectivity index is 1.72. The lowest BCUT2D eigenvalue weighted by Gasteiger charge is -2.29. The number of amides is 1. The highest BCUT2D eigenvalue weighted by Gasteiger charge is 2.31. The molecule has 3 heteroatoms. The first-order valence-corrected chi connectivity index (χ1v) is 7.85. The van der Waals surface area contributed by atoms with E-state index in [1.807, 2.05) is 11.9 Å². The Labute approximate surface area is 121 Å². The molecule has 3 rings (SSSR count). The molecule has 1 N–H and O–H groups in total. The van der Waals surface area contributed by atoms with Crippen LogP contribution < -0.4 is 5.32 Å². The number of hydrogen-bond acceptors (Lipinski definition) is 2. The fraction of sp³-hybridized carbons (Fsp3) is 0.588. The third kappa shape index (κ3) is 2.59. The maximum absolute atomic E-state index is 12.7. The summed E-state index contributed by atoms with van der Waals surface area (Å²) in [6.45, 7) is 0.978. The van der Waals surface area contributed by atoms with Gasteiger partial charge in [0.15, 0.2) is 0 Å². The number of rotatable bonds is 2. The van der Waals surface area contributed by atoms with Crippen molar-refractivity contribution in [3.63, 3.8) is 0 Å². The summed E-state index contributed by atoms with van der Waals surface area (Å²) in [6.07, 6.45) is 6.74. The van der Waals surface area contributed by atoms with Crippen LogP contribution in [0.25, 0.3) is 0 Å². The maximum Gasteiger partial charge on any atom is 0.239 e. The number of likely N-dealkylation sites (N-methyl/N-ethyl adjacent to an activating group) is 1. The minimum absolute atomic E-state index is 0.0234. The molecule has 1 aromatic carbocycles. The molecule has 1 aliphatic heterocycles. The van der Waals surface area contributed by atoms with Gasteiger partial charge in [0.25, 0.3) is 0 Å². The smallest absolute Gasteiger partial charge is 0.239 e. The van der Waals surface area contributed by atoms with E-state index in [0.717, 1.165) is 25.8 Å². The van der Waals surface area contributed by atoms with E-state index in [0.29, 0.717) is 0 Å². The summed E-state index contributed by atoms with van der Waals surface area (Å²) in [4.78, 5) is 14.7. The quantitative estimate of drug-likeness (QED) is 0.897. The van der Waals surface area contributed by atoms with Crippen molar-refractivity contribution in [2.75, 3.05) is 13.6 Å². The van der Waals surface area contributed by atoms with Crippen LogP contribution in [-0.2, 0) is 11.2 Å². The Bertz CT molecular complexity index is 478. The van der Waals surface area contributed by atoms with Gasteiger partial charge in [-0.15, -0.1) is 0 Å². The zero-order valence-corrected chi connectivity index (χ0v) is 12.3. The molecule has 0 bridgehead atoms. The Hall–Kier alpha value is -1.35. The van der Waals surface area contributed by atoms with Gasteiger partial charge < -0.3 is 10.2 Å². The second kappa shape index (κ2) is 5.96. The fourth-order valence-electron chi connectivity index (χ4n) is 3.58. The van der Waals surface area contributed by atoms with E-state index in [9.17, 15) is 4.79 Å². The first-order chi connectivity index (χ1) is 9.77. The van der Waals surface area contributed by atoms with Crippen molar-refractivity contribution in [2.24, 2.45) is 0 Å². The van der Waals surface area contributed by atoms with Crippen LogP contribution in [0.3, 0.4) is 0 Å². The number of nitrogens with one attached hydrogen (secondary N) is 1. The molecule has 1 saturated heterocycles. The highest BCUT2D eigenvalue weighted by Crippen LogP contribution is 2.35. The number of aryl methyl sites for hydroxylation is 1. The van der Waals surface area contributed by atoms with E-state index in [1.54, 1.807) is 0 Å². The molecule has 1 heterocycles. The normalized spacial score (nSPS) is 25.9. The Morgan fingerprint density at radius 3 is 2.95 bits per heavy atom. The van der Waals surface area contributed by atoms with E-state index in [-0.39, 0.29) is 18.0 Å². The minimum Gasteiger partial charge on any atom is -0.337 e. The Kier molecular flexibility index (Phi) is 4.06. The molecule has 0 radical (unpaired) electrons. The average Bonchev–Trinajstić information content (AvgIpc) is 2.72. The molecule has 108 valence electrons. The van der Waals surface area contributed by atoms with Crippen LogP contribution in [0.2, 0.25) is 0 Å². The fourth-order valence-corrected chi connectivity index (χ4v) is 3.58. The maximum atomic E-state index is 12.7. The van der Waals surface area contributed by atoms with Crippen LogP contribution in [0.1, 0.15) is 49.3 Å². The average molecular weight is 272 g/mol. The van der Waals surface area contributed by atoms with Crippen LogP contribution in [0.15, 0.2) is 24.3 Å². The lowest BCUT2D eigenvalue weighted by Crippen LogP contribution is -2.45. The van der Waals surface area contributed by atoms with Crippen LogP contribution in [0.4, 0.5) is 0 Å². The third-order valence-electron chi connectivity index (χ3n) is 4.77. The SMILES string of the molecule is CN(C(=O)C1CCCCCN1)C1CCc2ccccc21. The summed E-state index contributed by atoms with van der Waals surface area (Å²) in [6, 6.07) is 8.84. The Morgan fingerprint density at radius 2 is 2.05 bits per heavy atom. The molecular weight excluding hydrogens is 248 g/mol. The topological polar surface area (TPSA) is 32.3 Å². The molecule has 1 fully saturated rings. The van der Waals surface area contributed by atoms with E-state index < -0.39 is 0 Å². The highest BCUT2D eigenvalue weighted by atomic mass is 16.2. The molecule has 0 aromatic heterocycles. The van der Waals surface area contributed by atoms with Gasteiger partial charge in [-0.25, -0.2) is 0 Å². The summed E-state index contributed by atoms with van der Waals surface area (Å²) in [5.74, 6) is 0.272. The monoisotopic (exact) mass is 272 g/mol. The third-order valence-corrected chi connectivity index (χ3v) is 4.77. The molecule has 1 aromatic rings. The standard InChI is InChI=1S/C17H24N2O/c1-19(17(20)15-9-3-2-6-12-18-15)16-11-10-13-7-4-5-8-14(13)16/h4-5,7-8,15-16,18H,2-3,6,9-12H2,1H3. The molecule has 2 unspecified atom stereocenters. The van der Waals surface area contributed by atoms with Crippen LogP contribution in [-0.4, -0.2) is 30.4 Å². The van der Waals surface area contributed by atoms with E-state index >= 15 is 0 Å². The molecule has 2 aliphatic rings. The number of hydrogen-bond donors (Lipinski definition) is 1. The number of carbonyl (C=O) groups is 1. The first kappa shape index (κ1) is 13.6. The van der Waals surface area contributed by atoms with Crippen molar-refractivity contribution in [3.05, 3.63) is 35.4 Å². The molecule has 2 atom stereocenters. The van der Waals surface area contributed by atoms with Crippen molar-refractivity contribution in [3.8, 4) is 0 Å². The summed E-state index contributed by atoms with van der Waals surface area (Å²) in [7, 11) is 1.97. The van der Waals surface area contributed by atoms with E-state index in [4.69, 9.17) is 0 Å². The van der Waals surface area contributed by atoms with Crippen molar-refractivity contribution >= 4 is 5.91 Å². The van der Waals surface area contributed by atoms with Crippen LogP contribution >= 0.6 is 0 Å². The van der Waals surface area contributed by atoms with Crippen molar-refractivity contribution in [1.29, 1.82) is 0 Å². The zero-order valence-electron chi connectivity index (χ0n) is 12.3. The van der Waals surface area contributed by atoms with Gasteiger partial charge in [0.1, 0.15) is 0 Å². The number of benzene rings is 1. The van der Waals surface area contributed by atoms with Crippen LogP contribution in [0.5, 0.6) is 0 Å². The lowest BCUT2D eigenvalue weighted by atomic mass is 10.0. The predicted molar refractivity (Wildman–Crippen MR) is 80.5 cm³/mol. The molecule has 1 amide bonds. The molecule has 0 spiro atoms.